The van der Waals surface area contributed by atoms with Crippen molar-refractivity contribution in [1.29, 1.82) is 0 Å². The summed E-state index contributed by atoms with van der Waals surface area (Å²) in [5.74, 6) is 1.42. The number of hydrogen-bond acceptors (Lipinski definition) is 8. The Kier molecular flexibility index (Phi) is 6.47. The standard InChI is InChI=1S/C22H20ClN5O4S/c1-31-19-10-5-15(12-20(19)32-2)13-25-22-26-21(16-4-3-11-24-14-16)27-28(22)33(29,30)18-8-6-17(23)7-9-18/h3-12,14H,13H2,1-2H3,(H,25,26,27). The summed E-state index contributed by atoms with van der Waals surface area (Å²) in [6, 6.07) is 14.7. The van der Waals surface area contributed by atoms with Crippen molar-refractivity contribution >= 4 is 27.6 Å². The lowest BCUT2D eigenvalue weighted by atomic mass is 10.2. The quantitative estimate of drug-likeness (QED) is 0.401. The molecule has 2 heterocycles. The largest absolute Gasteiger partial charge is 0.493 e. The van der Waals surface area contributed by atoms with Crippen molar-refractivity contribution in [3.05, 3.63) is 77.6 Å². The van der Waals surface area contributed by atoms with Gasteiger partial charge in [-0.25, -0.2) is 0 Å². The van der Waals surface area contributed by atoms with Crippen LogP contribution in [0.4, 0.5) is 5.95 Å². The predicted molar refractivity (Wildman–Crippen MR) is 124 cm³/mol. The second-order valence-electron chi connectivity index (χ2n) is 6.85. The lowest BCUT2D eigenvalue weighted by molar-refractivity contribution is 0.354. The van der Waals surface area contributed by atoms with Crippen molar-refractivity contribution in [2.24, 2.45) is 0 Å². The van der Waals surface area contributed by atoms with E-state index >= 15 is 0 Å². The van der Waals surface area contributed by atoms with Gasteiger partial charge in [0.05, 0.1) is 19.1 Å². The maximum atomic E-state index is 13.3. The SMILES string of the molecule is COc1ccc(CNc2nc(-c3cccnc3)nn2S(=O)(=O)c2ccc(Cl)cc2)cc1OC. The number of aromatic nitrogens is 4. The van der Waals surface area contributed by atoms with Gasteiger partial charge in [-0.05, 0) is 54.1 Å². The Morgan fingerprint density at radius 2 is 1.79 bits per heavy atom. The number of pyridine rings is 1. The Labute approximate surface area is 196 Å². The van der Waals surface area contributed by atoms with E-state index in [0.29, 0.717) is 22.1 Å². The highest BCUT2D eigenvalue weighted by atomic mass is 35.5. The van der Waals surface area contributed by atoms with Crippen LogP contribution in [0, 0.1) is 0 Å². The number of nitrogens with zero attached hydrogens (tertiary/aromatic N) is 4. The fourth-order valence-electron chi connectivity index (χ4n) is 3.07. The molecule has 4 aromatic rings. The molecule has 4 rings (SSSR count). The molecule has 170 valence electrons. The fourth-order valence-corrected chi connectivity index (χ4v) is 4.39. The molecule has 2 aromatic carbocycles. The molecular formula is C22H20ClN5O4S. The number of methoxy groups -OCH3 is 2. The second-order valence-corrected chi connectivity index (χ2v) is 9.05. The molecule has 0 amide bonds. The van der Waals surface area contributed by atoms with Gasteiger partial charge in [-0.15, -0.1) is 9.19 Å². The first-order valence-corrected chi connectivity index (χ1v) is 11.6. The minimum Gasteiger partial charge on any atom is -0.493 e. The summed E-state index contributed by atoms with van der Waals surface area (Å²) in [7, 11) is -0.943. The molecule has 0 atom stereocenters. The van der Waals surface area contributed by atoms with E-state index in [1.54, 1.807) is 50.9 Å². The molecule has 0 saturated carbocycles. The molecule has 0 spiro atoms. The van der Waals surface area contributed by atoms with E-state index in [2.05, 4.69) is 20.4 Å². The first-order chi connectivity index (χ1) is 15.9. The zero-order valence-corrected chi connectivity index (χ0v) is 19.3. The Bertz CT molecular complexity index is 1360. The van der Waals surface area contributed by atoms with Gasteiger partial charge < -0.3 is 14.8 Å². The van der Waals surface area contributed by atoms with Crippen LogP contribution in [0.3, 0.4) is 0 Å². The molecule has 1 N–H and O–H groups in total. The Hall–Kier alpha value is -3.63. The third-order valence-corrected chi connectivity index (χ3v) is 6.57. The van der Waals surface area contributed by atoms with Crippen LogP contribution in [-0.2, 0) is 16.6 Å². The van der Waals surface area contributed by atoms with Crippen LogP contribution in [0.1, 0.15) is 5.56 Å². The van der Waals surface area contributed by atoms with E-state index in [1.165, 1.54) is 24.3 Å². The smallest absolute Gasteiger partial charge is 0.286 e. The molecule has 0 radical (unpaired) electrons. The topological polar surface area (TPSA) is 108 Å². The Balaban J connectivity index is 1.72. The van der Waals surface area contributed by atoms with E-state index in [0.717, 1.165) is 9.65 Å². The van der Waals surface area contributed by atoms with Gasteiger partial charge in [0.1, 0.15) is 0 Å². The minimum atomic E-state index is -4.04. The summed E-state index contributed by atoms with van der Waals surface area (Å²) >= 11 is 5.92. The summed E-state index contributed by atoms with van der Waals surface area (Å²) in [5, 5.41) is 7.75. The molecular weight excluding hydrogens is 466 g/mol. The average Bonchev–Trinajstić information content (AvgIpc) is 3.28. The van der Waals surface area contributed by atoms with Crippen LogP contribution in [-0.4, -0.2) is 41.8 Å². The van der Waals surface area contributed by atoms with Gasteiger partial charge in [0, 0.05) is 29.5 Å². The number of hydrogen-bond donors (Lipinski definition) is 1. The van der Waals surface area contributed by atoms with Crippen LogP contribution in [0.25, 0.3) is 11.4 Å². The number of nitrogens with one attached hydrogen (secondary N) is 1. The summed E-state index contributed by atoms with van der Waals surface area (Å²) < 4.78 is 38.1. The molecule has 0 aliphatic heterocycles. The first-order valence-electron chi connectivity index (χ1n) is 9.76. The van der Waals surface area contributed by atoms with Crippen molar-refractivity contribution in [3.63, 3.8) is 0 Å². The van der Waals surface area contributed by atoms with Gasteiger partial charge in [0.15, 0.2) is 17.3 Å². The number of anilines is 1. The van der Waals surface area contributed by atoms with Crippen molar-refractivity contribution in [2.75, 3.05) is 19.5 Å². The van der Waals surface area contributed by atoms with Crippen LogP contribution >= 0.6 is 11.6 Å². The van der Waals surface area contributed by atoms with E-state index in [9.17, 15) is 8.42 Å². The van der Waals surface area contributed by atoms with Crippen molar-refractivity contribution in [1.82, 2.24) is 19.2 Å². The van der Waals surface area contributed by atoms with Gasteiger partial charge in [-0.3, -0.25) is 4.98 Å². The van der Waals surface area contributed by atoms with E-state index in [4.69, 9.17) is 21.1 Å². The summed E-state index contributed by atoms with van der Waals surface area (Å²) in [6.07, 6.45) is 3.17. The summed E-state index contributed by atoms with van der Waals surface area (Å²) in [4.78, 5) is 8.51. The molecule has 33 heavy (non-hydrogen) atoms. The second kappa shape index (κ2) is 9.47. The molecule has 11 heteroatoms. The lowest BCUT2D eigenvalue weighted by Gasteiger charge is -2.11. The fraction of sp³-hybridized carbons (Fsp3) is 0.136. The van der Waals surface area contributed by atoms with Crippen molar-refractivity contribution in [3.8, 4) is 22.9 Å². The molecule has 0 fully saturated rings. The normalized spacial score (nSPS) is 11.2. The number of halogens is 1. The zero-order valence-electron chi connectivity index (χ0n) is 17.8. The van der Waals surface area contributed by atoms with Gasteiger partial charge in [0.2, 0.25) is 5.95 Å². The van der Waals surface area contributed by atoms with Crippen LogP contribution in [0.5, 0.6) is 11.5 Å². The summed E-state index contributed by atoms with van der Waals surface area (Å²) in [5.41, 5.74) is 1.41. The van der Waals surface area contributed by atoms with Gasteiger partial charge in [0.25, 0.3) is 10.0 Å². The number of benzene rings is 2. The van der Waals surface area contributed by atoms with Crippen LogP contribution in [0.2, 0.25) is 5.02 Å². The van der Waals surface area contributed by atoms with E-state index in [1.807, 2.05) is 6.07 Å². The highest BCUT2D eigenvalue weighted by Gasteiger charge is 2.25. The molecule has 2 aromatic heterocycles. The molecule has 0 bridgehead atoms. The third kappa shape index (κ3) is 4.76. The highest BCUT2D eigenvalue weighted by molar-refractivity contribution is 7.90. The van der Waals surface area contributed by atoms with Crippen LogP contribution < -0.4 is 14.8 Å². The predicted octanol–water partition coefficient (Wildman–Crippen LogP) is 3.86. The average molecular weight is 486 g/mol. The third-order valence-electron chi connectivity index (χ3n) is 4.74. The molecule has 0 unspecified atom stereocenters. The van der Waals surface area contributed by atoms with Gasteiger partial charge in [-0.1, -0.05) is 17.7 Å². The van der Waals surface area contributed by atoms with E-state index < -0.39 is 10.0 Å². The van der Waals surface area contributed by atoms with Gasteiger partial charge >= 0.3 is 0 Å². The molecule has 0 aliphatic rings. The number of rotatable bonds is 8. The van der Waals surface area contributed by atoms with Crippen molar-refractivity contribution < 1.29 is 17.9 Å². The lowest BCUT2D eigenvalue weighted by Crippen LogP contribution is -2.18. The Morgan fingerprint density at radius 3 is 2.45 bits per heavy atom. The number of ether oxygens (including phenoxy) is 2. The Morgan fingerprint density at radius 1 is 1.03 bits per heavy atom. The summed E-state index contributed by atoms with van der Waals surface area (Å²) in [6.45, 7) is 0.266. The van der Waals surface area contributed by atoms with Crippen LogP contribution in [0.15, 0.2) is 71.9 Å². The van der Waals surface area contributed by atoms with E-state index in [-0.39, 0.29) is 23.2 Å². The zero-order chi connectivity index (χ0) is 23.4. The maximum Gasteiger partial charge on any atom is 0.286 e. The monoisotopic (exact) mass is 485 g/mol. The van der Waals surface area contributed by atoms with Gasteiger partial charge in [-0.2, -0.15) is 13.4 Å². The maximum absolute atomic E-state index is 13.3. The first kappa shape index (κ1) is 22.6. The highest BCUT2D eigenvalue weighted by Crippen LogP contribution is 2.28. The minimum absolute atomic E-state index is 0.0312. The molecule has 0 aliphatic carbocycles. The molecule has 0 saturated heterocycles. The molecule has 9 nitrogen and oxygen atoms in total. The van der Waals surface area contributed by atoms with Crippen molar-refractivity contribution in [2.45, 2.75) is 11.4 Å².